The van der Waals surface area contributed by atoms with Gasteiger partial charge in [0.2, 0.25) is 0 Å². The molecule has 0 aliphatic heterocycles. The van der Waals surface area contributed by atoms with Crippen LogP contribution in [0.2, 0.25) is 0 Å². The quantitative estimate of drug-likeness (QED) is 0.475. The van der Waals surface area contributed by atoms with E-state index in [0.29, 0.717) is 0 Å². The Morgan fingerprint density at radius 3 is 2.56 bits per heavy atom. The molecule has 0 amide bonds. The number of hydrogen-bond acceptors (Lipinski definition) is 4. The minimum atomic E-state index is 0.798. The van der Waals surface area contributed by atoms with Gasteiger partial charge in [-0.05, 0) is 42.5 Å². The molecule has 5 nitrogen and oxygen atoms in total. The van der Waals surface area contributed by atoms with E-state index in [2.05, 4.69) is 22.1 Å². The van der Waals surface area contributed by atoms with Gasteiger partial charge < -0.3 is 4.74 Å². The smallest absolute Gasteiger partial charge is 0.156 e. The van der Waals surface area contributed by atoms with Crippen LogP contribution in [0.4, 0.5) is 0 Å². The minimum absolute atomic E-state index is 0.798. The van der Waals surface area contributed by atoms with Gasteiger partial charge in [0.25, 0.3) is 0 Å². The molecule has 0 bridgehead atoms. The molecule has 3 heterocycles. The van der Waals surface area contributed by atoms with Gasteiger partial charge in [0.05, 0.1) is 24.0 Å². The molecule has 0 spiro atoms. The van der Waals surface area contributed by atoms with Crippen molar-refractivity contribution in [3.8, 4) is 28.3 Å². The van der Waals surface area contributed by atoms with Gasteiger partial charge >= 0.3 is 0 Å². The van der Waals surface area contributed by atoms with Gasteiger partial charge in [-0.25, -0.2) is 9.50 Å². The highest BCUT2D eigenvalue weighted by atomic mass is 16.5. The molecule has 3 aromatic heterocycles. The fourth-order valence-corrected chi connectivity index (χ4v) is 3.23. The SMILES string of the molecule is COc1ccc(-c2cc3nccc(-c4cnc5ccccc5c4)n3n2)cc1. The van der Waals surface area contributed by atoms with Gasteiger partial charge in [0.1, 0.15) is 5.75 Å². The second kappa shape index (κ2) is 6.21. The number of pyridine rings is 1. The third-order valence-electron chi connectivity index (χ3n) is 4.63. The lowest BCUT2D eigenvalue weighted by molar-refractivity contribution is 0.415. The van der Waals surface area contributed by atoms with E-state index in [1.807, 2.05) is 65.3 Å². The number of para-hydroxylation sites is 1. The van der Waals surface area contributed by atoms with Crippen molar-refractivity contribution in [2.75, 3.05) is 7.11 Å². The lowest BCUT2D eigenvalue weighted by Crippen LogP contribution is -1.96. The molecule has 0 atom stereocenters. The topological polar surface area (TPSA) is 52.3 Å². The third-order valence-corrected chi connectivity index (χ3v) is 4.63. The molecule has 0 saturated carbocycles. The lowest BCUT2D eigenvalue weighted by Gasteiger charge is -2.05. The van der Waals surface area contributed by atoms with E-state index in [1.54, 1.807) is 13.3 Å². The summed E-state index contributed by atoms with van der Waals surface area (Å²) in [4.78, 5) is 9.04. The molecule has 130 valence electrons. The Hall–Kier alpha value is -3.73. The van der Waals surface area contributed by atoms with E-state index < -0.39 is 0 Å². The normalized spacial score (nSPS) is 11.1. The largest absolute Gasteiger partial charge is 0.497 e. The maximum atomic E-state index is 5.23. The van der Waals surface area contributed by atoms with Crippen molar-refractivity contribution < 1.29 is 4.74 Å². The van der Waals surface area contributed by atoms with E-state index >= 15 is 0 Å². The molecule has 2 aromatic carbocycles. The minimum Gasteiger partial charge on any atom is -0.497 e. The van der Waals surface area contributed by atoms with Gasteiger partial charge in [0, 0.05) is 35.0 Å². The van der Waals surface area contributed by atoms with E-state index in [1.165, 1.54) is 0 Å². The first-order chi connectivity index (χ1) is 13.3. The standard InChI is InChI=1S/C22H16N4O/c1-27-18-8-6-15(7-9-18)20-13-22-23-11-10-21(26(22)25-20)17-12-16-4-2-3-5-19(16)24-14-17/h2-14H,1H3. The summed E-state index contributed by atoms with van der Waals surface area (Å²) in [6.07, 6.45) is 3.69. The lowest BCUT2D eigenvalue weighted by atomic mass is 10.1. The summed E-state index contributed by atoms with van der Waals surface area (Å²) >= 11 is 0. The molecule has 0 N–H and O–H groups in total. The van der Waals surface area contributed by atoms with Crippen molar-refractivity contribution in [1.82, 2.24) is 19.6 Å². The Morgan fingerprint density at radius 1 is 0.852 bits per heavy atom. The first-order valence-electron chi connectivity index (χ1n) is 8.66. The van der Waals surface area contributed by atoms with Crippen LogP contribution in [0.15, 0.2) is 79.1 Å². The number of fused-ring (bicyclic) bond motifs is 2. The number of aromatic nitrogens is 4. The molecule has 0 fully saturated rings. The molecule has 0 radical (unpaired) electrons. The zero-order valence-corrected chi connectivity index (χ0v) is 14.7. The van der Waals surface area contributed by atoms with Crippen molar-refractivity contribution in [2.24, 2.45) is 0 Å². The molecular formula is C22H16N4O. The van der Waals surface area contributed by atoms with Crippen LogP contribution in [0, 0.1) is 0 Å². The average molecular weight is 352 g/mol. The van der Waals surface area contributed by atoms with Crippen LogP contribution in [-0.4, -0.2) is 26.7 Å². The predicted molar refractivity (Wildman–Crippen MR) is 106 cm³/mol. The van der Waals surface area contributed by atoms with Crippen molar-refractivity contribution >= 4 is 16.6 Å². The second-order valence-electron chi connectivity index (χ2n) is 6.27. The summed E-state index contributed by atoms with van der Waals surface area (Å²) in [5.41, 5.74) is 5.62. The van der Waals surface area contributed by atoms with Crippen LogP contribution in [0.25, 0.3) is 39.1 Å². The van der Waals surface area contributed by atoms with E-state index in [4.69, 9.17) is 9.84 Å². The molecule has 5 aromatic rings. The van der Waals surface area contributed by atoms with Gasteiger partial charge in [-0.1, -0.05) is 18.2 Å². The fraction of sp³-hybridized carbons (Fsp3) is 0.0455. The molecule has 0 aliphatic rings. The molecule has 5 heteroatoms. The van der Waals surface area contributed by atoms with Gasteiger partial charge in [-0.3, -0.25) is 4.98 Å². The monoisotopic (exact) mass is 352 g/mol. The highest BCUT2D eigenvalue weighted by Crippen LogP contribution is 2.26. The highest BCUT2D eigenvalue weighted by Gasteiger charge is 2.11. The Labute approximate surface area is 155 Å². The molecule has 0 aliphatic carbocycles. The highest BCUT2D eigenvalue weighted by molar-refractivity contribution is 5.83. The van der Waals surface area contributed by atoms with Crippen LogP contribution < -0.4 is 4.74 Å². The molecule has 0 saturated heterocycles. The van der Waals surface area contributed by atoms with Crippen molar-refractivity contribution in [2.45, 2.75) is 0 Å². The number of benzene rings is 2. The summed E-state index contributed by atoms with van der Waals surface area (Å²) in [5, 5.41) is 5.88. The summed E-state index contributed by atoms with van der Waals surface area (Å²) in [6.45, 7) is 0. The molecular weight excluding hydrogens is 336 g/mol. The van der Waals surface area contributed by atoms with Crippen molar-refractivity contribution in [3.63, 3.8) is 0 Å². The van der Waals surface area contributed by atoms with Crippen LogP contribution in [0.3, 0.4) is 0 Å². The van der Waals surface area contributed by atoms with Crippen LogP contribution in [0.1, 0.15) is 0 Å². The van der Waals surface area contributed by atoms with E-state index in [0.717, 1.165) is 44.8 Å². The summed E-state index contributed by atoms with van der Waals surface area (Å²) in [5.74, 6) is 0.823. The van der Waals surface area contributed by atoms with Gasteiger partial charge in [-0.2, -0.15) is 5.10 Å². The Morgan fingerprint density at radius 2 is 1.70 bits per heavy atom. The van der Waals surface area contributed by atoms with Crippen LogP contribution >= 0.6 is 0 Å². The van der Waals surface area contributed by atoms with Crippen molar-refractivity contribution in [3.05, 3.63) is 79.1 Å². The molecule has 5 rings (SSSR count). The Balaban J connectivity index is 1.65. The maximum absolute atomic E-state index is 5.23. The summed E-state index contributed by atoms with van der Waals surface area (Å²) in [7, 11) is 1.66. The molecule has 0 unspecified atom stereocenters. The fourth-order valence-electron chi connectivity index (χ4n) is 3.23. The van der Waals surface area contributed by atoms with Crippen LogP contribution in [0.5, 0.6) is 5.75 Å². The number of hydrogen-bond donors (Lipinski definition) is 0. The Bertz CT molecular complexity index is 1260. The zero-order valence-electron chi connectivity index (χ0n) is 14.7. The number of nitrogens with zero attached hydrogens (tertiary/aromatic N) is 4. The van der Waals surface area contributed by atoms with Crippen molar-refractivity contribution in [1.29, 1.82) is 0 Å². The van der Waals surface area contributed by atoms with Gasteiger partial charge in [0.15, 0.2) is 5.65 Å². The van der Waals surface area contributed by atoms with E-state index in [9.17, 15) is 0 Å². The van der Waals surface area contributed by atoms with Crippen LogP contribution in [-0.2, 0) is 0 Å². The molecule has 27 heavy (non-hydrogen) atoms. The second-order valence-corrected chi connectivity index (χ2v) is 6.27. The number of methoxy groups -OCH3 is 1. The zero-order chi connectivity index (χ0) is 18.2. The number of ether oxygens (including phenoxy) is 1. The number of rotatable bonds is 3. The maximum Gasteiger partial charge on any atom is 0.156 e. The van der Waals surface area contributed by atoms with E-state index in [-0.39, 0.29) is 0 Å². The third kappa shape index (κ3) is 2.69. The first-order valence-corrected chi connectivity index (χ1v) is 8.66. The van der Waals surface area contributed by atoms with Gasteiger partial charge in [-0.15, -0.1) is 0 Å². The average Bonchev–Trinajstić information content (AvgIpc) is 3.18. The summed E-state index contributed by atoms with van der Waals surface area (Å²) in [6, 6.07) is 22.0. The first kappa shape index (κ1) is 15.5. The Kier molecular flexibility index (Phi) is 3.57. The predicted octanol–water partition coefficient (Wildman–Crippen LogP) is 4.62. The summed E-state index contributed by atoms with van der Waals surface area (Å²) < 4.78 is 7.10.